The number of rotatable bonds is 4. The number of benzene rings is 7. The molecule has 0 saturated carbocycles. The minimum absolute atomic E-state index is 0.0322. The highest BCUT2D eigenvalue weighted by Crippen LogP contribution is 2.49. The lowest BCUT2D eigenvalue weighted by molar-refractivity contribution is 0.620. The smallest absolute Gasteiger partial charge is 0.305 e. The van der Waals surface area contributed by atoms with Gasteiger partial charge in [-0.2, -0.15) is 0 Å². The average molecular weight is 684 g/mol. The molecule has 0 atom stereocenters. The highest BCUT2D eigenvalue weighted by molar-refractivity contribution is 7.33. The molecule has 0 spiro atoms. The van der Waals surface area contributed by atoms with E-state index < -0.39 is 0 Å². The van der Waals surface area contributed by atoms with Gasteiger partial charge in [-0.05, 0) is 87.4 Å². The van der Waals surface area contributed by atoms with Crippen molar-refractivity contribution in [2.75, 3.05) is 4.90 Å². The third-order valence-electron chi connectivity index (χ3n) is 11.3. The van der Waals surface area contributed by atoms with Gasteiger partial charge in [0.25, 0.3) is 0 Å². The zero-order valence-corrected chi connectivity index (χ0v) is 30.1. The molecule has 4 heterocycles. The molecule has 2 nitrogen and oxygen atoms in total. The molecule has 0 aliphatic carbocycles. The number of anilines is 3. The van der Waals surface area contributed by atoms with Gasteiger partial charge in [0, 0.05) is 42.3 Å². The monoisotopic (exact) mass is 683 g/mol. The topological polar surface area (TPSA) is 16.4 Å². The van der Waals surface area contributed by atoms with E-state index in [4.69, 9.17) is 4.42 Å². The molecule has 246 valence electrons. The molecule has 0 unspecified atom stereocenters. The van der Waals surface area contributed by atoms with Gasteiger partial charge in [-0.1, -0.05) is 129 Å². The van der Waals surface area contributed by atoms with E-state index in [9.17, 15) is 0 Å². The fraction of sp³-hybridized carbons (Fsp3) is 0.0833. The minimum Gasteiger partial charge on any atom is -0.469 e. The van der Waals surface area contributed by atoms with Crippen LogP contribution in [0.3, 0.4) is 0 Å². The van der Waals surface area contributed by atoms with Crippen LogP contribution in [0.5, 0.6) is 0 Å². The summed E-state index contributed by atoms with van der Waals surface area (Å²) in [4.78, 5) is 2.58. The standard InChI is InChI=1S/C48H34BNOS/c1-28(2)32-22-23-42-39(27-32)45-48(52-42)49-44-38(24-29(3)25-41(44)50(45)40-21-10-15-31-14-7-8-18-35(31)40)36-19-11-20-37-43(36)47(49)51-46(37)34-17-9-16-33(26-34)30-12-5-4-6-13-30/h4-28H,1-3H3. The Bertz CT molecular complexity index is 2910. The summed E-state index contributed by atoms with van der Waals surface area (Å²) in [6, 6.07) is 53.7. The summed E-state index contributed by atoms with van der Waals surface area (Å²) in [5, 5.41) is 6.22. The first kappa shape index (κ1) is 29.9. The molecule has 0 N–H and O–H groups in total. The van der Waals surface area contributed by atoms with Crippen molar-refractivity contribution in [2.24, 2.45) is 0 Å². The van der Waals surface area contributed by atoms with Gasteiger partial charge >= 0.3 is 6.71 Å². The van der Waals surface area contributed by atoms with Crippen molar-refractivity contribution in [3.05, 3.63) is 157 Å². The average Bonchev–Trinajstić information content (AvgIpc) is 3.76. The van der Waals surface area contributed by atoms with Crippen LogP contribution in [-0.4, -0.2) is 6.71 Å². The number of aryl methyl sites for hydroxylation is 1. The second-order valence-electron chi connectivity index (χ2n) is 14.7. The summed E-state index contributed by atoms with van der Waals surface area (Å²) in [6.45, 7) is 6.80. The molecule has 0 amide bonds. The Morgan fingerprint density at radius 3 is 2.25 bits per heavy atom. The predicted octanol–water partition coefficient (Wildman–Crippen LogP) is 11.8. The molecule has 2 aliphatic heterocycles. The number of hydrogen-bond donors (Lipinski definition) is 0. The van der Waals surface area contributed by atoms with Crippen molar-refractivity contribution in [2.45, 2.75) is 26.7 Å². The molecular weight excluding hydrogens is 649 g/mol. The quantitative estimate of drug-likeness (QED) is 0.172. The highest BCUT2D eigenvalue weighted by atomic mass is 32.1. The summed E-state index contributed by atoms with van der Waals surface area (Å²) in [6.07, 6.45) is 0. The van der Waals surface area contributed by atoms with Crippen LogP contribution in [-0.2, 0) is 0 Å². The Hall–Kier alpha value is -5.84. The second-order valence-corrected chi connectivity index (χ2v) is 15.8. The number of fused-ring (bicyclic) bond motifs is 7. The van der Waals surface area contributed by atoms with Gasteiger partial charge in [-0.15, -0.1) is 11.3 Å². The summed E-state index contributed by atoms with van der Waals surface area (Å²) in [5.41, 5.74) is 14.8. The molecule has 52 heavy (non-hydrogen) atoms. The second kappa shape index (κ2) is 11.1. The third kappa shape index (κ3) is 4.19. The maximum atomic E-state index is 7.32. The predicted molar refractivity (Wildman–Crippen MR) is 224 cm³/mol. The molecule has 4 heteroatoms. The van der Waals surface area contributed by atoms with Crippen LogP contribution < -0.4 is 20.8 Å². The molecule has 0 radical (unpaired) electrons. The summed E-state index contributed by atoms with van der Waals surface area (Å²) >= 11 is 1.93. The van der Waals surface area contributed by atoms with Crippen LogP contribution in [0.1, 0.15) is 30.9 Å². The van der Waals surface area contributed by atoms with Crippen molar-refractivity contribution in [3.63, 3.8) is 0 Å². The zero-order chi connectivity index (χ0) is 34.7. The lowest BCUT2D eigenvalue weighted by atomic mass is 9.37. The van der Waals surface area contributed by atoms with Crippen molar-refractivity contribution in [1.29, 1.82) is 0 Å². The van der Waals surface area contributed by atoms with E-state index >= 15 is 0 Å². The van der Waals surface area contributed by atoms with Gasteiger partial charge in [0.1, 0.15) is 5.76 Å². The van der Waals surface area contributed by atoms with E-state index in [0.29, 0.717) is 5.92 Å². The van der Waals surface area contributed by atoms with Crippen LogP contribution in [0.25, 0.3) is 65.2 Å². The van der Waals surface area contributed by atoms with Crippen molar-refractivity contribution in [1.82, 2.24) is 0 Å². The normalized spacial score (nSPS) is 13.0. The first-order valence-electron chi connectivity index (χ1n) is 18.2. The van der Waals surface area contributed by atoms with Crippen molar-refractivity contribution < 1.29 is 4.42 Å². The molecule has 7 aromatic carbocycles. The number of nitrogens with zero attached hydrogens (tertiary/aromatic N) is 1. The first-order valence-corrected chi connectivity index (χ1v) is 19.1. The molecule has 2 aliphatic rings. The van der Waals surface area contributed by atoms with E-state index in [1.54, 1.807) is 0 Å². The number of hydrogen-bond acceptors (Lipinski definition) is 3. The highest BCUT2D eigenvalue weighted by Gasteiger charge is 2.46. The summed E-state index contributed by atoms with van der Waals surface area (Å²) < 4.78 is 9.97. The van der Waals surface area contributed by atoms with E-state index in [0.717, 1.165) is 17.0 Å². The Morgan fingerprint density at radius 2 is 1.37 bits per heavy atom. The van der Waals surface area contributed by atoms with Crippen LogP contribution in [0.15, 0.2) is 150 Å². The van der Waals surface area contributed by atoms with E-state index in [-0.39, 0.29) is 6.71 Å². The SMILES string of the molecule is Cc1cc2c3c(c1)N(c1cccc4ccccc14)c1c(sc4ccc(C(C)C)cc14)B3c1oc(-c3cccc(-c4ccccc4)c3)c3cccc-2c13. The van der Waals surface area contributed by atoms with Gasteiger partial charge in [0.15, 0.2) is 0 Å². The minimum atomic E-state index is -0.0322. The molecule has 11 rings (SSSR count). The van der Waals surface area contributed by atoms with Crippen molar-refractivity contribution >= 4 is 82.6 Å². The zero-order valence-electron chi connectivity index (χ0n) is 29.3. The Morgan fingerprint density at radius 1 is 0.615 bits per heavy atom. The van der Waals surface area contributed by atoms with Gasteiger partial charge < -0.3 is 9.32 Å². The number of thiophene rings is 1. The lowest BCUT2D eigenvalue weighted by Crippen LogP contribution is -2.58. The van der Waals surface area contributed by atoms with Crippen molar-refractivity contribution in [3.8, 4) is 33.6 Å². The van der Waals surface area contributed by atoms with Crippen LogP contribution in [0.2, 0.25) is 0 Å². The largest absolute Gasteiger partial charge is 0.469 e. The van der Waals surface area contributed by atoms with Gasteiger partial charge in [-0.25, -0.2) is 0 Å². The maximum absolute atomic E-state index is 7.32. The Kier molecular flexibility index (Phi) is 6.36. The molecular formula is C48H34BNOS. The molecule has 2 aromatic heterocycles. The molecule has 9 aromatic rings. The fourth-order valence-electron chi connectivity index (χ4n) is 8.89. The summed E-state index contributed by atoms with van der Waals surface area (Å²) in [7, 11) is 0. The van der Waals surface area contributed by atoms with Gasteiger partial charge in [-0.3, -0.25) is 0 Å². The third-order valence-corrected chi connectivity index (χ3v) is 12.5. The van der Waals surface area contributed by atoms with Gasteiger partial charge in [0.05, 0.1) is 17.0 Å². The molecule has 0 bridgehead atoms. The number of furan rings is 1. The van der Waals surface area contributed by atoms with Crippen LogP contribution >= 0.6 is 11.3 Å². The van der Waals surface area contributed by atoms with E-state index in [1.807, 2.05) is 11.3 Å². The first-order chi connectivity index (χ1) is 25.5. The fourth-order valence-corrected chi connectivity index (χ4v) is 10.2. The molecule has 0 saturated heterocycles. The van der Waals surface area contributed by atoms with Crippen LogP contribution in [0.4, 0.5) is 17.1 Å². The Labute approximate surface area is 307 Å². The van der Waals surface area contributed by atoms with E-state index in [2.05, 4.69) is 171 Å². The molecule has 0 fully saturated rings. The lowest BCUT2D eigenvalue weighted by Gasteiger charge is -2.38. The Balaban J connectivity index is 1.24. The van der Waals surface area contributed by atoms with Crippen LogP contribution in [0, 0.1) is 6.92 Å². The maximum Gasteiger partial charge on any atom is 0.305 e. The summed E-state index contributed by atoms with van der Waals surface area (Å²) in [5.74, 6) is 1.37. The van der Waals surface area contributed by atoms with E-state index in [1.165, 1.54) is 92.3 Å². The van der Waals surface area contributed by atoms with Gasteiger partial charge in [0.2, 0.25) is 0 Å².